The maximum Gasteiger partial charge on any atom is 0.0622 e. The molecule has 0 atom stereocenters. The van der Waals surface area contributed by atoms with Gasteiger partial charge in [-0.1, -0.05) is 103 Å². The first-order chi connectivity index (χ1) is 22.4. The lowest BCUT2D eigenvalue weighted by molar-refractivity contribution is 1.19. The fourth-order valence-electron chi connectivity index (χ4n) is 8.28. The van der Waals surface area contributed by atoms with E-state index in [0.717, 1.165) is 0 Å². The maximum absolute atomic E-state index is 2.50. The number of hydrogen-bond acceptors (Lipinski definition) is 0. The van der Waals surface area contributed by atoms with Gasteiger partial charge in [-0.25, -0.2) is 0 Å². The summed E-state index contributed by atoms with van der Waals surface area (Å²) < 4.78 is 7.42. The van der Waals surface area contributed by atoms with Crippen molar-refractivity contribution in [3.63, 3.8) is 0 Å². The van der Waals surface area contributed by atoms with Crippen LogP contribution in [0.1, 0.15) is 0 Å². The zero-order valence-corrected chi connectivity index (χ0v) is 24.3. The zero-order valence-electron chi connectivity index (χ0n) is 24.3. The summed E-state index contributed by atoms with van der Waals surface area (Å²) >= 11 is 0. The minimum absolute atomic E-state index is 1.22. The maximum atomic E-state index is 2.50. The smallest absolute Gasteiger partial charge is 0.0622 e. The first kappa shape index (κ1) is 23.4. The van der Waals surface area contributed by atoms with Crippen LogP contribution in [0.4, 0.5) is 0 Å². The van der Waals surface area contributed by atoms with Gasteiger partial charge >= 0.3 is 0 Å². The van der Waals surface area contributed by atoms with Crippen LogP contribution in [0.5, 0.6) is 0 Å². The van der Waals surface area contributed by atoms with Crippen molar-refractivity contribution in [3.05, 3.63) is 152 Å². The summed E-state index contributed by atoms with van der Waals surface area (Å²) in [5, 5.41) is 10.3. The normalized spacial score (nSPS) is 12.4. The molecule has 0 bridgehead atoms. The van der Waals surface area contributed by atoms with E-state index >= 15 is 0 Å². The van der Waals surface area contributed by atoms with Crippen molar-refractivity contribution in [2.75, 3.05) is 0 Å². The van der Waals surface area contributed by atoms with Crippen LogP contribution in [0.15, 0.2) is 152 Å². The molecule has 0 aliphatic rings. The SMILES string of the molecule is c1ccc2c(c1)c1ccccc1n2-c1cccc2c1c1cccc3c4c(-n5c6ccccc6c6ccccc65)cccc4n2c13. The summed E-state index contributed by atoms with van der Waals surface area (Å²) in [6.07, 6.45) is 0. The third-order valence-corrected chi connectivity index (χ3v) is 9.96. The molecule has 0 spiro atoms. The van der Waals surface area contributed by atoms with E-state index in [-0.39, 0.29) is 0 Å². The van der Waals surface area contributed by atoms with E-state index in [2.05, 4.69) is 165 Å². The van der Waals surface area contributed by atoms with Crippen LogP contribution < -0.4 is 0 Å². The molecule has 0 saturated carbocycles. The molecular weight excluding hydrogens is 546 g/mol. The number of rotatable bonds is 2. The second kappa shape index (κ2) is 8.31. The number of fused-ring (bicyclic) bond motifs is 12. The van der Waals surface area contributed by atoms with E-state index in [4.69, 9.17) is 0 Å². The topological polar surface area (TPSA) is 14.3 Å². The van der Waals surface area contributed by atoms with Crippen molar-refractivity contribution in [1.82, 2.24) is 13.5 Å². The molecule has 0 amide bonds. The Morgan fingerprint density at radius 2 is 0.578 bits per heavy atom. The van der Waals surface area contributed by atoms with Gasteiger partial charge in [0.2, 0.25) is 0 Å². The van der Waals surface area contributed by atoms with Gasteiger partial charge in [-0.2, -0.15) is 0 Å². The fraction of sp³-hybridized carbons (Fsp3) is 0. The first-order valence-corrected chi connectivity index (χ1v) is 15.6. The lowest BCUT2D eigenvalue weighted by Gasteiger charge is -2.12. The van der Waals surface area contributed by atoms with Gasteiger partial charge in [0.15, 0.2) is 0 Å². The average molecular weight is 572 g/mol. The fourth-order valence-corrected chi connectivity index (χ4v) is 8.28. The van der Waals surface area contributed by atoms with Crippen LogP contribution in [-0.2, 0) is 0 Å². The van der Waals surface area contributed by atoms with Gasteiger partial charge in [0, 0.05) is 43.1 Å². The molecule has 0 saturated heterocycles. The molecule has 4 heterocycles. The van der Waals surface area contributed by atoms with Gasteiger partial charge in [0.1, 0.15) is 0 Å². The van der Waals surface area contributed by atoms with Gasteiger partial charge in [0.05, 0.1) is 50.0 Å². The Kier molecular flexibility index (Phi) is 4.32. The largest absolute Gasteiger partial charge is 0.309 e. The van der Waals surface area contributed by atoms with Crippen molar-refractivity contribution in [1.29, 1.82) is 0 Å². The van der Waals surface area contributed by atoms with Crippen molar-refractivity contribution < 1.29 is 0 Å². The quantitative estimate of drug-likeness (QED) is 0.196. The van der Waals surface area contributed by atoms with E-state index in [9.17, 15) is 0 Å². The highest BCUT2D eigenvalue weighted by Crippen LogP contribution is 2.45. The lowest BCUT2D eigenvalue weighted by atomic mass is 10.1. The first-order valence-electron chi connectivity index (χ1n) is 15.6. The Bertz CT molecular complexity index is 2680. The molecule has 0 aliphatic heterocycles. The molecule has 0 aliphatic carbocycles. The van der Waals surface area contributed by atoms with Crippen LogP contribution in [0.25, 0.3) is 93.1 Å². The third-order valence-electron chi connectivity index (χ3n) is 9.96. The Balaban J connectivity index is 1.31. The van der Waals surface area contributed by atoms with Crippen LogP contribution >= 0.6 is 0 Å². The molecule has 0 radical (unpaired) electrons. The number of para-hydroxylation sites is 5. The van der Waals surface area contributed by atoms with E-state index in [1.165, 1.54) is 93.1 Å². The highest BCUT2D eigenvalue weighted by atomic mass is 15.0. The molecule has 7 aromatic carbocycles. The number of benzene rings is 7. The molecule has 45 heavy (non-hydrogen) atoms. The van der Waals surface area contributed by atoms with Crippen LogP contribution in [0.3, 0.4) is 0 Å². The second-order valence-corrected chi connectivity index (χ2v) is 12.1. The number of nitrogens with zero attached hydrogens (tertiary/aromatic N) is 3. The molecule has 208 valence electrons. The van der Waals surface area contributed by atoms with Gasteiger partial charge in [0.25, 0.3) is 0 Å². The van der Waals surface area contributed by atoms with Gasteiger partial charge in [-0.15, -0.1) is 0 Å². The molecule has 3 nitrogen and oxygen atoms in total. The Morgan fingerprint density at radius 1 is 0.267 bits per heavy atom. The molecule has 11 aromatic rings. The Hall–Kier alpha value is -6.06. The van der Waals surface area contributed by atoms with Gasteiger partial charge in [-0.3, -0.25) is 0 Å². The van der Waals surface area contributed by atoms with Crippen LogP contribution in [-0.4, -0.2) is 13.5 Å². The summed E-state index contributed by atoms with van der Waals surface area (Å²) in [5.74, 6) is 0. The van der Waals surface area contributed by atoms with E-state index in [1.54, 1.807) is 0 Å². The summed E-state index contributed by atoms with van der Waals surface area (Å²) in [7, 11) is 0. The van der Waals surface area contributed by atoms with E-state index in [1.807, 2.05) is 0 Å². The lowest BCUT2D eigenvalue weighted by Crippen LogP contribution is -1.96. The van der Waals surface area contributed by atoms with Crippen LogP contribution in [0.2, 0.25) is 0 Å². The van der Waals surface area contributed by atoms with E-state index < -0.39 is 0 Å². The van der Waals surface area contributed by atoms with Crippen molar-refractivity contribution in [3.8, 4) is 11.4 Å². The second-order valence-electron chi connectivity index (χ2n) is 12.1. The number of hydrogen-bond donors (Lipinski definition) is 0. The molecule has 11 rings (SSSR count). The predicted molar refractivity (Wildman–Crippen MR) is 190 cm³/mol. The summed E-state index contributed by atoms with van der Waals surface area (Å²) in [6.45, 7) is 0. The molecule has 3 heteroatoms. The minimum atomic E-state index is 1.22. The average Bonchev–Trinajstić information content (AvgIpc) is 3.83. The monoisotopic (exact) mass is 571 g/mol. The summed E-state index contributed by atoms with van der Waals surface area (Å²) in [4.78, 5) is 0. The standard InChI is InChI=1S/C42H25N3/c1-5-18-32-26(12-1)27-13-2-6-19-33(27)43(32)36-22-10-24-38-40(36)30-16-9-17-31-41-37(23-11-25-39(41)45(38)42(30)31)44-34-20-7-3-14-28(34)29-15-4-8-21-35(29)44/h1-25H. The highest BCUT2D eigenvalue weighted by Gasteiger charge is 2.24. The Morgan fingerprint density at radius 3 is 0.978 bits per heavy atom. The van der Waals surface area contributed by atoms with Crippen molar-refractivity contribution in [2.24, 2.45) is 0 Å². The van der Waals surface area contributed by atoms with Gasteiger partial charge in [-0.05, 0) is 48.5 Å². The number of aromatic nitrogens is 3. The molecule has 0 N–H and O–H groups in total. The summed E-state index contributed by atoms with van der Waals surface area (Å²) in [6, 6.07) is 55.6. The Labute approximate surface area is 257 Å². The predicted octanol–water partition coefficient (Wildman–Crippen LogP) is 11.0. The molecule has 0 fully saturated rings. The molecule has 4 aromatic heterocycles. The van der Waals surface area contributed by atoms with Crippen LogP contribution in [0, 0.1) is 0 Å². The van der Waals surface area contributed by atoms with E-state index in [0.29, 0.717) is 0 Å². The zero-order chi connectivity index (χ0) is 29.2. The summed E-state index contributed by atoms with van der Waals surface area (Å²) in [5.41, 5.74) is 11.1. The third kappa shape index (κ3) is 2.82. The highest BCUT2D eigenvalue weighted by molar-refractivity contribution is 6.27. The molecular formula is C42H25N3. The van der Waals surface area contributed by atoms with Gasteiger partial charge < -0.3 is 13.5 Å². The van der Waals surface area contributed by atoms with Crippen molar-refractivity contribution >= 4 is 81.7 Å². The minimum Gasteiger partial charge on any atom is -0.309 e. The molecule has 0 unspecified atom stereocenters. The van der Waals surface area contributed by atoms with Crippen molar-refractivity contribution in [2.45, 2.75) is 0 Å².